The van der Waals surface area contributed by atoms with E-state index in [2.05, 4.69) is 60.6 Å². The summed E-state index contributed by atoms with van der Waals surface area (Å²) < 4.78 is 5.45. The first-order valence-corrected chi connectivity index (χ1v) is 8.46. The molecule has 1 saturated heterocycles. The third-order valence-electron chi connectivity index (χ3n) is 4.08. The summed E-state index contributed by atoms with van der Waals surface area (Å²) in [6, 6.07) is 8.66. The minimum Gasteiger partial charge on any atom is -0.379 e. The van der Waals surface area contributed by atoms with Crippen LogP contribution in [0.1, 0.15) is 31.0 Å². The molecule has 1 unspecified atom stereocenters. The van der Waals surface area contributed by atoms with E-state index in [1.807, 2.05) is 0 Å². The molecule has 1 fully saturated rings. The van der Waals surface area contributed by atoms with E-state index >= 15 is 0 Å². The van der Waals surface area contributed by atoms with E-state index in [9.17, 15) is 4.79 Å². The molecule has 0 saturated carbocycles. The van der Waals surface area contributed by atoms with Crippen LogP contribution in [0.15, 0.2) is 24.3 Å². The second-order valence-corrected chi connectivity index (χ2v) is 6.56. The van der Waals surface area contributed by atoms with Crippen molar-refractivity contribution in [3.8, 4) is 0 Å². The van der Waals surface area contributed by atoms with Crippen molar-refractivity contribution < 1.29 is 9.53 Å². The standard InChI is InChI=1S/C18H29N3O2/c1-14(2)12-19-18(22)20-13-17(21-8-10-23-11-9-21)16-6-4-15(3)5-7-16/h4-7,14,17H,8-13H2,1-3H3,(H2,19,20,22). The first kappa shape index (κ1) is 17.8. The molecule has 1 aromatic rings. The summed E-state index contributed by atoms with van der Waals surface area (Å²) in [4.78, 5) is 14.3. The van der Waals surface area contributed by atoms with E-state index in [0.29, 0.717) is 19.0 Å². The number of aryl methyl sites for hydroxylation is 1. The Balaban J connectivity index is 1.98. The maximum Gasteiger partial charge on any atom is 0.314 e. The van der Waals surface area contributed by atoms with Gasteiger partial charge in [-0.3, -0.25) is 4.90 Å². The molecule has 1 atom stereocenters. The molecule has 0 radical (unpaired) electrons. The van der Waals surface area contributed by atoms with Gasteiger partial charge in [-0.15, -0.1) is 0 Å². The van der Waals surface area contributed by atoms with Crippen LogP contribution in [0.3, 0.4) is 0 Å². The van der Waals surface area contributed by atoms with Gasteiger partial charge in [-0.1, -0.05) is 43.7 Å². The number of nitrogens with one attached hydrogen (secondary N) is 2. The molecule has 1 aromatic carbocycles. The van der Waals surface area contributed by atoms with Crippen LogP contribution in [0.4, 0.5) is 4.79 Å². The first-order chi connectivity index (χ1) is 11.1. The van der Waals surface area contributed by atoms with E-state index in [1.165, 1.54) is 11.1 Å². The zero-order valence-electron chi connectivity index (χ0n) is 14.5. The number of benzene rings is 1. The van der Waals surface area contributed by atoms with E-state index in [0.717, 1.165) is 26.3 Å². The number of rotatable bonds is 6. The molecule has 23 heavy (non-hydrogen) atoms. The van der Waals surface area contributed by atoms with Gasteiger partial charge >= 0.3 is 6.03 Å². The third-order valence-corrected chi connectivity index (χ3v) is 4.08. The summed E-state index contributed by atoms with van der Waals surface area (Å²) in [6.45, 7) is 10.9. The molecule has 1 heterocycles. The van der Waals surface area contributed by atoms with Crippen molar-refractivity contribution in [1.82, 2.24) is 15.5 Å². The van der Waals surface area contributed by atoms with Crippen LogP contribution in [0.2, 0.25) is 0 Å². The SMILES string of the molecule is Cc1ccc(C(CNC(=O)NCC(C)C)N2CCOCC2)cc1. The van der Waals surface area contributed by atoms with Crippen LogP contribution >= 0.6 is 0 Å². The van der Waals surface area contributed by atoms with Gasteiger partial charge in [0.1, 0.15) is 0 Å². The topological polar surface area (TPSA) is 53.6 Å². The lowest BCUT2D eigenvalue weighted by atomic mass is 10.0. The summed E-state index contributed by atoms with van der Waals surface area (Å²) in [5, 5.41) is 5.92. The van der Waals surface area contributed by atoms with Crippen LogP contribution < -0.4 is 10.6 Å². The second-order valence-electron chi connectivity index (χ2n) is 6.56. The molecule has 0 spiro atoms. The minimum absolute atomic E-state index is 0.0935. The van der Waals surface area contributed by atoms with Crippen molar-refractivity contribution >= 4 is 6.03 Å². The molecular formula is C18H29N3O2. The Morgan fingerprint density at radius 3 is 2.35 bits per heavy atom. The Hall–Kier alpha value is -1.59. The fourth-order valence-electron chi connectivity index (χ4n) is 2.68. The number of hydrogen-bond donors (Lipinski definition) is 2. The van der Waals surface area contributed by atoms with Crippen molar-refractivity contribution in [3.05, 3.63) is 35.4 Å². The predicted octanol–water partition coefficient (Wildman–Crippen LogP) is 2.32. The maximum atomic E-state index is 12.0. The molecule has 1 aliphatic rings. The highest BCUT2D eigenvalue weighted by atomic mass is 16.5. The Kier molecular flexibility index (Phi) is 6.86. The van der Waals surface area contributed by atoms with Crippen molar-refractivity contribution in [3.63, 3.8) is 0 Å². The van der Waals surface area contributed by atoms with Crippen molar-refractivity contribution in [2.75, 3.05) is 39.4 Å². The fourth-order valence-corrected chi connectivity index (χ4v) is 2.68. The zero-order valence-corrected chi connectivity index (χ0v) is 14.5. The number of carbonyl (C=O) groups excluding carboxylic acids is 1. The number of morpholine rings is 1. The van der Waals surface area contributed by atoms with Gasteiger partial charge < -0.3 is 15.4 Å². The number of hydrogen-bond acceptors (Lipinski definition) is 3. The van der Waals surface area contributed by atoms with Crippen LogP contribution in [0.25, 0.3) is 0 Å². The molecule has 0 aliphatic carbocycles. The summed E-state index contributed by atoms with van der Waals surface area (Å²) in [6.07, 6.45) is 0. The summed E-state index contributed by atoms with van der Waals surface area (Å²) in [7, 11) is 0. The van der Waals surface area contributed by atoms with Crippen molar-refractivity contribution in [2.24, 2.45) is 5.92 Å². The molecule has 128 valence electrons. The number of urea groups is 1. The predicted molar refractivity (Wildman–Crippen MR) is 92.6 cm³/mol. The van der Waals surface area contributed by atoms with E-state index in [4.69, 9.17) is 4.74 Å². The second kappa shape index (κ2) is 8.89. The number of nitrogens with zero attached hydrogens (tertiary/aromatic N) is 1. The van der Waals surface area contributed by atoms with Crippen molar-refractivity contribution in [2.45, 2.75) is 26.8 Å². The molecule has 5 nitrogen and oxygen atoms in total. The highest BCUT2D eigenvalue weighted by molar-refractivity contribution is 5.73. The van der Waals surface area contributed by atoms with E-state index in [1.54, 1.807) is 0 Å². The number of amides is 2. The molecule has 5 heteroatoms. The third kappa shape index (κ3) is 5.84. The van der Waals surface area contributed by atoms with Gasteiger partial charge in [0.15, 0.2) is 0 Å². The molecule has 1 aliphatic heterocycles. The Morgan fingerprint density at radius 2 is 1.74 bits per heavy atom. The summed E-state index contributed by atoms with van der Waals surface area (Å²) in [5.74, 6) is 0.452. The van der Waals surface area contributed by atoms with Crippen LogP contribution in [0, 0.1) is 12.8 Å². The fraction of sp³-hybridized carbons (Fsp3) is 0.611. The molecule has 0 bridgehead atoms. The van der Waals surface area contributed by atoms with Crippen molar-refractivity contribution in [1.29, 1.82) is 0 Å². The van der Waals surface area contributed by atoms with E-state index in [-0.39, 0.29) is 12.1 Å². The quantitative estimate of drug-likeness (QED) is 0.846. The summed E-state index contributed by atoms with van der Waals surface area (Å²) >= 11 is 0. The van der Waals surface area contributed by atoms with Gasteiger partial charge in [-0.05, 0) is 18.4 Å². The minimum atomic E-state index is -0.0935. The molecule has 2 rings (SSSR count). The largest absolute Gasteiger partial charge is 0.379 e. The zero-order chi connectivity index (χ0) is 16.7. The van der Waals surface area contributed by atoms with Crippen LogP contribution in [-0.4, -0.2) is 50.3 Å². The molecule has 2 amide bonds. The molecule has 2 N–H and O–H groups in total. The van der Waals surface area contributed by atoms with Gasteiger partial charge in [-0.25, -0.2) is 4.79 Å². The lowest BCUT2D eigenvalue weighted by molar-refractivity contribution is 0.0167. The van der Waals surface area contributed by atoms with Gasteiger partial charge in [0.25, 0.3) is 0 Å². The average Bonchev–Trinajstić information content (AvgIpc) is 2.55. The van der Waals surface area contributed by atoms with Gasteiger partial charge in [0.05, 0.1) is 19.3 Å². The van der Waals surface area contributed by atoms with Gasteiger partial charge in [0, 0.05) is 26.2 Å². The lowest BCUT2D eigenvalue weighted by Crippen LogP contribution is -2.46. The Morgan fingerprint density at radius 1 is 1.13 bits per heavy atom. The highest BCUT2D eigenvalue weighted by Crippen LogP contribution is 2.21. The van der Waals surface area contributed by atoms with Gasteiger partial charge in [-0.2, -0.15) is 0 Å². The van der Waals surface area contributed by atoms with E-state index < -0.39 is 0 Å². The van der Waals surface area contributed by atoms with Gasteiger partial charge in [0.2, 0.25) is 0 Å². The Bertz CT molecular complexity index is 482. The highest BCUT2D eigenvalue weighted by Gasteiger charge is 2.23. The monoisotopic (exact) mass is 319 g/mol. The molecular weight excluding hydrogens is 290 g/mol. The maximum absolute atomic E-state index is 12.0. The number of carbonyl (C=O) groups is 1. The lowest BCUT2D eigenvalue weighted by Gasteiger charge is -2.35. The average molecular weight is 319 g/mol. The number of ether oxygens (including phenoxy) is 1. The van der Waals surface area contributed by atoms with Crippen LogP contribution in [0.5, 0.6) is 0 Å². The normalized spacial score (nSPS) is 17.0. The Labute approximate surface area is 139 Å². The molecule has 0 aromatic heterocycles. The summed E-state index contributed by atoms with van der Waals surface area (Å²) in [5.41, 5.74) is 2.48. The van der Waals surface area contributed by atoms with Crippen LogP contribution in [-0.2, 0) is 4.74 Å². The first-order valence-electron chi connectivity index (χ1n) is 8.46. The smallest absolute Gasteiger partial charge is 0.314 e.